The average molecular weight is 571 g/mol. The number of hydrogen-bond donors (Lipinski definition) is 2. The SMILES string of the molecule is O=C(O)CNS(=O)(=O)CC(F)(F)C(F)(F)C(F)(F)C(F)(F)C(F)(F)C(F)(F)C(F)(F)C(F)(F)F. The van der Waals surface area contributed by atoms with Gasteiger partial charge in [0.2, 0.25) is 10.0 Å². The van der Waals surface area contributed by atoms with E-state index in [1.165, 1.54) is 0 Å². The normalized spacial score (nSPS) is 16.0. The third-order valence-electron chi connectivity index (χ3n) is 3.60. The van der Waals surface area contributed by atoms with E-state index in [4.69, 9.17) is 5.11 Å². The molecule has 0 saturated heterocycles. The zero-order valence-electron chi connectivity index (χ0n) is 14.9. The number of alkyl halides is 17. The van der Waals surface area contributed by atoms with Crippen LogP contribution in [0.5, 0.6) is 0 Å². The summed E-state index contributed by atoms with van der Waals surface area (Å²) >= 11 is 0. The first-order valence-electron chi connectivity index (χ1n) is 7.28. The molecule has 0 aromatic heterocycles. The summed E-state index contributed by atoms with van der Waals surface area (Å²) in [5.74, 6) is -64.7. The fourth-order valence-corrected chi connectivity index (χ4v) is 2.85. The maximum Gasteiger partial charge on any atom is 0.460 e. The van der Waals surface area contributed by atoms with Crippen molar-refractivity contribution >= 4 is 16.0 Å². The highest BCUT2D eigenvalue weighted by Gasteiger charge is 2.95. The Bertz CT molecular complexity index is 878. The van der Waals surface area contributed by atoms with E-state index in [-0.39, 0.29) is 0 Å². The van der Waals surface area contributed by atoms with Gasteiger partial charge in [-0.05, 0) is 0 Å². The van der Waals surface area contributed by atoms with Gasteiger partial charge in [-0.25, -0.2) is 13.1 Å². The van der Waals surface area contributed by atoms with E-state index in [0.717, 1.165) is 0 Å². The smallest absolute Gasteiger partial charge is 0.460 e. The lowest BCUT2D eigenvalue weighted by molar-refractivity contribution is -0.460. The van der Waals surface area contributed by atoms with Crippen LogP contribution >= 0.6 is 0 Å². The number of carboxylic acid groups (broad SMARTS) is 1. The predicted octanol–water partition coefficient (Wildman–Crippen LogP) is 4.00. The lowest BCUT2D eigenvalue weighted by Crippen LogP contribution is -2.74. The van der Waals surface area contributed by atoms with Crippen LogP contribution < -0.4 is 4.72 Å². The first-order valence-corrected chi connectivity index (χ1v) is 8.93. The van der Waals surface area contributed by atoms with Crippen molar-refractivity contribution < 1.29 is 93.0 Å². The maximum absolute atomic E-state index is 13.5. The highest BCUT2D eigenvalue weighted by molar-refractivity contribution is 7.89. The van der Waals surface area contributed by atoms with E-state index in [1.807, 2.05) is 0 Å². The average Bonchev–Trinajstić information content (AvgIpc) is 2.57. The van der Waals surface area contributed by atoms with Crippen molar-refractivity contribution in [3.05, 3.63) is 0 Å². The molecular formula is C11H6F17NO4S. The van der Waals surface area contributed by atoms with Crippen LogP contribution in [0.4, 0.5) is 74.6 Å². The van der Waals surface area contributed by atoms with Crippen molar-refractivity contribution in [2.75, 3.05) is 12.3 Å². The van der Waals surface area contributed by atoms with Crippen LogP contribution in [0.1, 0.15) is 0 Å². The molecule has 0 heterocycles. The molecule has 0 spiro atoms. The Kier molecular flexibility index (Phi) is 7.95. The molecule has 204 valence electrons. The predicted molar refractivity (Wildman–Crippen MR) is 70.1 cm³/mol. The monoisotopic (exact) mass is 571 g/mol. The molecule has 0 aromatic carbocycles. The maximum atomic E-state index is 13.5. The molecule has 0 saturated carbocycles. The quantitative estimate of drug-likeness (QED) is 0.368. The van der Waals surface area contributed by atoms with Gasteiger partial charge in [0.15, 0.2) is 0 Å². The Morgan fingerprint density at radius 1 is 0.588 bits per heavy atom. The van der Waals surface area contributed by atoms with Crippen molar-refractivity contribution in [1.29, 1.82) is 0 Å². The van der Waals surface area contributed by atoms with Gasteiger partial charge in [-0.15, -0.1) is 0 Å². The van der Waals surface area contributed by atoms with Crippen molar-refractivity contribution in [3.63, 3.8) is 0 Å². The molecule has 5 nitrogen and oxygen atoms in total. The Labute approximate surface area is 174 Å². The number of carbonyl (C=O) groups is 1. The third-order valence-corrected chi connectivity index (χ3v) is 4.93. The summed E-state index contributed by atoms with van der Waals surface area (Å²) in [5.41, 5.74) is 0. The molecule has 0 aliphatic rings. The summed E-state index contributed by atoms with van der Waals surface area (Å²) in [5, 5.41) is 8.08. The fraction of sp³-hybridized carbons (Fsp3) is 0.909. The van der Waals surface area contributed by atoms with Crippen molar-refractivity contribution in [2.24, 2.45) is 0 Å². The minimum Gasteiger partial charge on any atom is -0.480 e. The van der Waals surface area contributed by atoms with E-state index < -0.39 is 75.9 Å². The van der Waals surface area contributed by atoms with Gasteiger partial charge in [0.1, 0.15) is 12.3 Å². The van der Waals surface area contributed by atoms with Crippen LogP contribution in [0.15, 0.2) is 0 Å². The minimum absolute atomic E-state index is 0.502. The second-order valence-electron chi connectivity index (χ2n) is 6.12. The summed E-state index contributed by atoms with van der Waals surface area (Å²) in [6.07, 6.45) is -7.89. The molecule has 0 radical (unpaired) electrons. The van der Waals surface area contributed by atoms with E-state index in [2.05, 4.69) is 0 Å². The molecule has 0 bridgehead atoms. The molecule has 0 unspecified atom stereocenters. The topological polar surface area (TPSA) is 83.5 Å². The summed E-state index contributed by atoms with van der Waals surface area (Å²) in [7, 11) is -6.17. The number of halogens is 17. The molecular weight excluding hydrogens is 565 g/mol. The van der Waals surface area contributed by atoms with Crippen molar-refractivity contribution in [3.8, 4) is 0 Å². The first kappa shape index (κ1) is 32.2. The van der Waals surface area contributed by atoms with Crippen molar-refractivity contribution in [1.82, 2.24) is 4.72 Å². The molecule has 2 N–H and O–H groups in total. The Morgan fingerprint density at radius 2 is 0.882 bits per heavy atom. The van der Waals surface area contributed by atoms with Crippen LogP contribution in [0.25, 0.3) is 0 Å². The Morgan fingerprint density at radius 3 is 1.18 bits per heavy atom. The van der Waals surface area contributed by atoms with E-state index in [0.29, 0.717) is 4.72 Å². The van der Waals surface area contributed by atoms with Crippen LogP contribution in [-0.2, 0) is 14.8 Å². The number of rotatable bonds is 11. The van der Waals surface area contributed by atoms with Gasteiger partial charge in [0, 0.05) is 0 Å². The van der Waals surface area contributed by atoms with Gasteiger partial charge in [0.25, 0.3) is 0 Å². The molecule has 0 rings (SSSR count). The largest absolute Gasteiger partial charge is 0.480 e. The Balaban J connectivity index is 6.63. The van der Waals surface area contributed by atoms with Gasteiger partial charge in [-0.2, -0.15) is 74.6 Å². The van der Waals surface area contributed by atoms with Crippen LogP contribution in [-0.4, -0.2) is 79.4 Å². The number of hydrogen-bond acceptors (Lipinski definition) is 3. The van der Waals surface area contributed by atoms with Gasteiger partial charge < -0.3 is 5.11 Å². The van der Waals surface area contributed by atoms with Crippen LogP contribution in [0.3, 0.4) is 0 Å². The fourth-order valence-electron chi connectivity index (χ4n) is 1.75. The molecule has 0 aliphatic carbocycles. The molecule has 34 heavy (non-hydrogen) atoms. The summed E-state index contributed by atoms with van der Waals surface area (Å²) < 4.78 is 244. The number of aliphatic carboxylic acids is 1. The van der Waals surface area contributed by atoms with Gasteiger partial charge in [-0.3, -0.25) is 4.79 Å². The van der Waals surface area contributed by atoms with Gasteiger partial charge in [-0.1, -0.05) is 0 Å². The molecule has 0 atom stereocenters. The summed E-state index contributed by atoms with van der Waals surface area (Å²) in [6.45, 7) is -1.92. The lowest BCUT2D eigenvalue weighted by atomic mass is 9.89. The van der Waals surface area contributed by atoms with E-state index >= 15 is 0 Å². The third kappa shape index (κ3) is 4.80. The molecule has 23 heteroatoms. The molecule has 0 aromatic rings. The van der Waals surface area contributed by atoms with Crippen LogP contribution in [0.2, 0.25) is 0 Å². The van der Waals surface area contributed by atoms with E-state index in [9.17, 15) is 87.8 Å². The second-order valence-corrected chi connectivity index (χ2v) is 7.93. The highest BCUT2D eigenvalue weighted by atomic mass is 32.2. The minimum atomic E-state index is -8.83. The van der Waals surface area contributed by atoms with E-state index in [1.54, 1.807) is 0 Å². The summed E-state index contributed by atoms with van der Waals surface area (Å²) in [6, 6.07) is 0. The first-order chi connectivity index (χ1) is 14.4. The number of nitrogens with one attached hydrogen (secondary N) is 1. The zero-order valence-corrected chi connectivity index (χ0v) is 15.7. The van der Waals surface area contributed by atoms with Crippen LogP contribution in [0, 0.1) is 0 Å². The summed E-state index contributed by atoms with van der Waals surface area (Å²) in [4.78, 5) is 10.1. The van der Waals surface area contributed by atoms with Gasteiger partial charge >= 0.3 is 53.6 Å². The second kappa shape index (κ2) is 8.40. The molecule has 0 aliphatic heterocycles. The number of sulfonamides is 1. The molecule has 0 fully saturated rings. The van der Waals surface area contributed by atoms with Crippen molar-refractivity contribution in [2.45, 2.75) is 47.6 Å². The Hall–Kier alpha value is -1.81. The lowest BCUT2D eigenvalue weighted by Gasteiger charge is -2.42. The number of carboxylic acids is 1. The van der Waals surface area contributed by atoms with Gasteiger partial charge in [0.05, 0.1) is 0 Å². The molecule has 0 amide bonds. The highest BCUT2D eigenvalue weighted by Crippen LogP contribution is 2.63. The standard InChI is InChI=1S/C11H6F17NO4S/c12-4(13,2-34(32,33)29-1-3(30)31)5(14,15)6(16,17)7(18,19)8(20,21)9(22,23)10(24,25)11(26,27)28/h29H,1-2H2,(H,30,31). The zero-order chi connectivity index (χ0) is 28.2.